The highest BCUT2D eigenvalue weighted by Gasteiger charge is 2.34. The third-order valence-electron chi connectivity index (χ3n) is 5.36. The third-order valence-corrected chi connectivity index (χ3v) is 7.14. The summed E-state index contributed by atoms with van der Waals surface area (Å²) in [7, 11) is -4.30. The zero-order chi connectivity index (χ0) is 29.3. The van der Waals surface area contributed by atoms with Crippen LogP contribution >= 0.6 is 0 Å². The van der Waals surface area contributed by atoms with Crippen molar-refractivity contribution < 1.29 is 45.1 Å². The lowest BCUT2D eigenvalue weighted by Crippen LogP contribution is -2.33. The molecule has 0 fully saturated rings. The molecular formula is C26H26F3N3O7S. The van der Waals surface area contributed by atoms with E-state index >= 15 is 0 Å². The Morgan fingerprint density at radius 3 is 2.35 bits per heavy atom. The van der Waals surface area contributed by atoms with E-state index in [1.807, 2.05) is 0 Å². The third kappa shape index (κ3) is 6.86. The SMILES string of the molecule is Cc1ccc(S(=O)(=O)n2c(CNC(=O)OC(C)(C)C)cc3cc(OC(F)(F)F)c(OCc4ccon4)cc32)cc1. The summed E-state index contributed by atoms with van der Waals surface area (Å²) in [6, 6.07) is 11.0. The van der Waals surface area contributed by atoms with Gasteiger partial charge in [0.2, 0.25) is 0 Å². The number of aromatic nitrogens is 2. The molecule has 2 heterocycles. The van der Waals surface area contributed by atoms with Crippen LogP contribution in [-0.2, 0) is 27.9 Å². The van der Waals surface area contributed by atoms with Crippen molar-refractivity contribution in [2.45, 2.75) is 57.7 Å². The summed E-state index contributed by atoms with van der Waals surface area (Å²) >= 11 is 0. The maximum absolute atomic E-state index is 13.8. The molecule has 10 nitrogen and oxygen atoms in total. The number of fused-ring (bicyclic) bond motifs is 1. The van der Waals surface area contributed by atoms with Crippen molar-refractivity contribution in [2.24, 2.45) is 0 Å². The Labute approximate surface area is 227 Å². The minimum absolute atomic E-state index is 0.00811. The van der Waals surface area contributed by atoms with Crippen LogP contribution in [0.2, 0.25) is 0 Å². The number of alkyl carbamates (subject to hydrolysis) is 1. The summed E-state index contributed by atoms with van der Waals surface area (Å²) in [6.45, 7) is 6.17. The number of alkyl halides is 3. The van der Waals surface area contributed by atoms with E-state index < -0.39 is 39.6 Å². The molecule has 1 N–H and O–H groups in total. The molecule has 4 aromatic rings. The molecule has 2 aromatic carbocycles. The molecule has 0 aliphatic rings. The second-order valence-corrected chi connectivity index (χ2v) is 11.5. The fourth-order valence-corrected chi connectivity index (χ4v) is 5.26. The fourth-order valence-electron chi connectivity index (χ4n) is 3.73. The van der Waals surface area contributed by atoms with Crippen LogP contribution in [0, 0.1) is 6.92 Å². The first-order valence-corrected chi connectivity index (χ1v) is 13.3. The topological polar surface area (TPSA) is 122 Å². The van der Waals surface area contributed by atoms with Crippen LogP contribution in [0.3, 0.4) is 0 Å². The number of carbonyl (C=O) groups is 1. The number of ether oxygens (including phenoxy) is 3. The van der Waals surface area contributed by atoms with Crippen LogP contribution in [0.25, 0.3) is 10.9 Å². The summed E-state index contributed by atoms with van der Waals surface area (Å²) in [5, 5.41) is 6.24. The van der Waals surface area contributed by atoms with Gasteiger partial charge < -0.3 is 24.1 Å². The van der Waals surface area contributed by atoms with Gasteiger partial charge in [-0.1, -0.05) is 22.9 Å². The lowest BCUT2D eigenvalue weighted by Gasteiger charge is -2.20. The number of carbonyl (C=O) groups excluding carboxylic acids is 1. The highest BCUT2D eigenvalue weighted by atomic mass is 32.2. The molecule has 14 heteroatoms. The van der Waals surface area contributed by atoms with Gasteiger partial charge in [-0.15, -0.1) is 13.2 Å². The molecule has 0 bridgehead atoms. The molecule has 1 amide bonds. The molecule has 4 rings (SSSR count). The molecular weight excluding hydrogens is 555 g/mol. The average molecular weight is 582 g/mol. The Bertz CT molecular complexity index is 1610. The van der Waals surface area contributed by atoms with Crippen molar-refractivity contribution in [3.05, 3.63) is 71.7 Å². The number of nitrogens with zero attached hydrogens (tertiary/aromatic N) is 2. The summed E-state index contributed by atoms with van der Waals surface area (Å²) in [5.74, 6) is -1.09. The number of nitrogens with one attached hydrogen (secondary N) is 1. The first-order valence-electron chi connectivity index (χ1n) is 11.9. The Kier molecular flexibility index (Phi) is 7.74. The van der Waals surface area contributed by atoms with Crippen LogP contribution in [0.1, 0.15) is 37.7 Å². The van der Waals surface area contributed by atoms with Crippen molar-refractivity contribution in [3.63, 3.8) is 0 Å². The smallest absolute Gasteiger partial charge is 0.483 e. The zero-order valence-corrected chi connectivity index (χ0v) is 22.7. The average Bonchev–Trinajstić information content (AvgIpc) is 3.47. The second-order valence-electron chi connectivity index (χ2n) is 9.76. The zero-order valence-electron chi connectivity index (χ0n) is 21.9. The standard InChI is InChI=1S/C26H26F3N3O7S/c1-16-5-7-20(8-6-16)40(34,35)32-19(14-30-24(33)39-25(2,3)4)11-17-12-23(38-26(27,28)29)22(13-21(17)32)36-15-18-9-10-37-31-18/h5-13H,14-15H2,1-4H3,(H,30,33). The van der Waals surface area contributed by atoms with E-state index in [1.165, 1.54) is 30.5 Å². The van der Waals surface area contributed by atoms with E-state index in [4.69, 9.17) is 14.0 Å². The monoisotopic (exact) mass is 581 g/mol. The van der Waals surface area contributed by atoms with Gasteiger partial charge in [-0.2, -0.15) is 0 Å². The quantitative estimate of drug-likeness (QED) is 0.282. The second kappa shape index (κ2) is 10.8. The summed E-state index contributed by atoms with van der Waals surface area (Å²) in [4.78, 5) is 12.2. The van der Waals surface area contributed by atoms with Crippen molar-refractivity contribution in [1.29, 1.82) is 0 Å². The van der Waals surface area contributed by atoms with Gasteiger partial charge in [-0.25, -0.2) is 17.2 Å². The Balaban J connectivity index is 1.85. The minimum Gasteiger partial charge on any atom is -0.483 e. The van der Waals surface area contributed by atoms with Gasteiger partial charge in [-0.05, 0) is 52.0 Å². The van der Waals surface area contributed by atoms with Crippen molar-refractivity contribution in [1.82, 2.24) is 14.4 Å². The van der Waals surface area contributed by atoms with E-state index in [0.29, 0.717) is 0 Å². The first-order chi connectivity index (χ1) is 18.6. The molecule has 40 heavy (non-hydrogen) atoms. The van der Waals surface area contributed by atoms with Crippen LogP contribution in [0.4, 0.5) is 18.0 Å². The fraction of sp³-hybridized carbons (Fsp3) is 0.308. The van der Waals surface area contributed by atoms with Crippen LogP contribution < -0.4 is 14.8 Å². The van der Waals surface area contributed by atoms with Gasteiger partial charge in [0.05, 0.1) is 22.7 Å². The van der Waals surface area contributed by atoms with Gasteiger partial charge >= 0.3 is 12.5 Å². The van der Waals surface area contributed by atoms with E-state index in [2.05, 4.69) is 15.2 Å². The van der Waals surface area contributed by atoms with Crippen molar-refractivity contribution >= 4 is 27.0 Å². The molecule has 0 unspecified atom stereocenters. The van der Waals surface area contributed by atoms with Gasteiger partial charge in [0.25, 0.3) is 10.0 Å². The number of benzene rings is 2. The molecule has 0 spiro atoms. The number of hydrogen-bond acceptors (Lipinski definition) is 8. The number of amides is 1. The highest BCUT2D eigenvalue weighted by Crippen LogP contribution is 2.39. The molecule has 0 aliphatic carbocycles. The Hall–Kier alpha value is -4.20. The van der Waals surface area contributed by atoms with E-state index in [1.54, 1.807) is 39.8 Å². The van der Waals surface area contributed by atoms with E-state index in [0.717, 1.165) is 21.7 Å². The van der Waals surface area contributed by atoms with Gasteiger partial charge in [-0.3, -0.25) is 0 Å². The van der Waals surface area contributed by atoms with E-state index in [9.17, 15) is 26.4 Å². The minimum atomic E-state index is -5.06. The normalized spacial score (nSPS) is 12.4. The van der Waals surface area contributed by atoms with Gasteiger partial charge in [0.15, 0.2) is 11.5 Å². The maximum atomic E-state index is 13.8. The maximum Gasteiger partial charge on any atom is 0.573 e. The number of aryl methyl sites for hydroxylation is 1. The van der Waals surface area contributed by atoms with Crippen LogP contribution in [0.5, 0.6) is 11.5 Å². The lowest BCUT2D eigenvalue weighted by molar-refractivity contribution is -0.275. The summed E-state index contributed by atoms with van der Waals surface area (Å²) in [5.41, 5.74) is 0.327. The summed E-state index contributed by atoms with van der Waals surface area (Å²) in [6.07, 6.45) is -4.61. The van der Waals surface area contributed by atoms with E-state index in [-0.39, 0.29) is 40.3 Å². The summed E-state index contributed by atoms with van der Waals surface area (Å²) < 4.78 is 88.0. The molecule has 0 radical (unpaired) electrons. The predicted octanol–water partition coefficient (Wildman–Crippen LogP) is 5.68. The van der Waals surface area contributed by atoms with Gasteiger partial charge in [0.1, 0.15) is 24.2 Å². The van der Waals surface area contributed by atoms with Crippen LogP contribution in [0.15, 0.2) is 64.2 Å². The highest BCUT2D eigenvalue weighted by molar-refractivity contribution is 7.90. The van der Waals surface area contributed by atoms with Crippen LogP contribution in [-0.4, -0.2) is 35.6 Å². The number of halogens is 3. The van der Waals surface area contributed by atoms with Crippen molar-refractivity contribution in [3.8, 4) is 11.5 Å². The molecule has 0 atom stereocenters. The largest absolute Gasteiger partial charge is 0.573 e. The molecule has 0 saturated heterocycles. The molecule has 0 aliphatic heterocycles. The lowest BCUT2D eigenvalue weighted by atomic mass is 10.2. The van der Waals surface area contributed by atoms with Gasteiger partial charge in [0, 0.05) is 17.5 Å². The number of hydrogen-bond donors (Lipinski definition) is 1. The Morgan fingerprint density at radius 2 is 1.75 bits per heavy atom. The molecule has 214 valence electrons. The first kappa shape index (κ1) is 28.8. The molecule has 0 saturated carbocycles. The number of rotatable bonds is 8. The predicted molar refractivity (Wildman–Crippen MR) is 136 cm³/mol. The van der Waals surface area contributed by atoms with Crippen molar-refractivity contribution in [2.75, 3.05) is 0 Å². The molecule has 2 aromatic heterocycles. The Morgan fingerprint density at radius 1 is 1.05 bits per heavy atom.